The first-order valence-electron chi connectivity index (χ1n) is 8.54. The molecule has 1 aliphatic heterocycles. The topological polar surface area (TPSA) is 124 Å². The molecule has 1 saturated carbocycles. The van der Waals surface area contributed by atoms with Crippen LogP contribution in [0, 0.1) is 17.0 Å². The van der Waals surface area contributed by atoms with Gasteiger partial charge in [-0.2, -0.15) is 0 Å². The summed E-state index contributed by atoms with van der Waals surface area (Å²) in [5.41, 5.74) is 7.25. The fourth-order valence-corrected chi connectivity index (χ4v) is 3.76. The third-order valence-electron chi connectivity index (χ3n) is 4.19. The minimum absolute atomic E-state index is 0.144. The zero-order chi connectivity index (χ0) is 20.0. The van der Waals surface area contributed by atoms with Crippen molar-refractivity contribution >= 4 is 34.5 Å². The van der Waals surface area contributed by atoms with E-state index in [2.05, 4.69) is 0 Å². The first-order chi connectivity index (χ1) is 12.8. The van der Waals surface area contributed by atoms with Crippen LogP contribution in [0.5, 0.6) is 0 Å². The largest absolute Gasteiger partial charge is 0.368 e. The maximum atomic E-state index is 12.0. The number of nitro benzene ring substituents is 1. The number of carbonyl (C=O) groups is 3. The quantitative estimate of drug-likeness (QED) is 0.479. The average Bonchev–Trinajstić information content (AvgIpc) is 2.91. The van der Waals surface area contributed by atoms with Crippen molar-refractivity contribution in [2.24, 2.45) is 5.73 Å². The number of nitrogens with two attached hydrogens (primary N) is 1. The van der Waals surface area contributed by atoms with Gasteiger partial charge in [0.15, 0.2) is 0 Å². The third kappa shape index (κ3) is 5.65. The Bertz CT molecular complexity index is 781. The van der Waals surface area contributed by atoms with Crippen LogP contribution < -0.4 is 5.73 Å². The maximum absolute atomic E-state index is 12.0. The maximum Gasteiger partial charge on any atom is 0.294 e. The lowest BCUT2D eigenvalue weighted by Gasteiger charge is -2.15. The van der Waals surface area contributed by atoms with Crippen LogP contribution in [0.15, 0.2) is 34.7 Å². The van der Waals surface area contributed by atoms with Crippen LogP contribution in [0.4, 0.5) is 10.5 Å². The van der Waals surface area contributed by atoms with Crippen LogP contribution in [-0.2, 0) is 9.59 Å². The van der Waals surface area contributed by atoms with E-state index in [1.165, 1.54) is 18.6 Å². The minimum atomic E-state index is -0.665. The van der Waals surface area contributed by atoms with E-state index in [4.69, 9.17) is 5.73 Å². The van der Waals surface area contributed by atoms with Gasteiger partial charge in [0.1, 0.15) is 6.54 Å². The number of allylic oxidation sites excluding steroid dienone is 1. The molecule has 1 aromatic carbocycles. The first-order valence-corrected chi connectivity index (χ1v) is 9.36. The molecule has 1 aliphatic carbocycles. The molecule has 0 radical (unpaired) electrons. The van der Waals surface area contributed by atoms with Crippen LogP contribution >= 0.6 is 11.8 Å². The molecule has 144 valence electrons. The van der Waals surface area contributed by atoms with E-state index in [1.54, 1.807) is 12.1 Å². The average molecular weight is 391 g/mol. The Morgan fingerprint density at radius 3 is 2.30 bits per heavy atom. The van der Waals surface area contributed by atoms with Gasteiger partial charge in [0.25, 0.3) is 16.8 Å². The summed E-state index contributed by atoms with van der Waals surface area (Å²) in [6.07, 6.45) is 5.07. The molecular formula is C18H21N3O5S. The molecule has 3 amide bonds. The number of carbonyl (C=O) groups excluding carboxylic acids is 3. The molecule has 2 N–H and O–H groups in total. The number of benzene rings is 1. The number of imide groups is 1. The molecule has 27 heavy (non-hydrogen) atoms. The van der Waals surface area contributed by atoms with Crippen LogP contribution in [-0.4, -0.2) is 33.4 Å². The molecule has 0 spiro atoms. The zero-order valence-corrected chi connectivity index (χ0v) is 15.8. The summed E-state index contributed by atoms with van der Waals surface area (Å²) >= 11 is 0.940. The monoisotopic (exact) mass is 391 g/mol. The Morgan fingerprint density at radius 1 is 1.19 bits per heavy atom. The summed E-state index contributed by atoms with van der Waals surface area (Å²) in [4.78, 5) is 45.5. The van der Waals surface area contributed by atoms with Gasteiger partial charge in [-0.15, -0.1) is 0 Å². The molecule has 1 saturated heterocycles. The van der Waals surface area contributed by atoms with Crippen molar-refractivity contribution in [3.8, 4) is 0 Å². The van der Waals surface area contributed by atoms with Gasteiger partial charge in [0.05, 0.1) is 9.83 Å². The van der Waals surface area contributed by atoms with E-state index in [0.717, 1.165) is 53.5 Å². The lowest BCUT2D eigenvalue weighted by Crippen LogP contribution is -2.36. The molecule has 3 rings (SSSR count). The fourth-order valence-electron chi connectivity index (χ4n) is 2.78. The molecule has 1 heterocycles. The van der Waals surface area contributed by atoms with E-state index in [0.29, 0.717) is 4.91 Å². The summed E-state index contributed by atoms with van der Waals surface area (Å²) in [7, 11) is 0. The number of amides is 3. The van der Waals surface area contributed by atoms with Crippen molar-refractivity contribution in [2.45, 2.75) is 39.0 Å². The second-order valence-electron chi connectivity index (χ2n) is 6.31. The highest BCUT2D eigenvalue weighted by molar-refractivity contribution is 8.18. The summed E-state index contributed by atoms with van der Waals surface area (Å²) in [5.74, 6) is -1.02. The standard InChI is InChI=1S/C11H14N2O3S.C7H7NO2/c12-8(14)6-13-10(15)9(17-11(13)16)7-4-2-1-3-5-7;1-6-2-4-7(5-3-6)8(9)10/h1-6H2,(H2,12,14);2-5H,1H3. The first kappa shape index (κ1) is 20.6. The van der Waals surface area contributed by atoms with Gasteiger partial charge in [-0.25, -0.2) is 0 Å². The summed E-state index contributed by atoms with van der Waals surface area (Å²) in [6.45, 7) is 1.57. The Labute approximate surface area is 160 Å². The number of nitrogens with zero attached hydrogens (tertiary/aromatic N) is 2. The molecule has 0 bridgehead atoms. The normalized spacial score (nSPS) is 16.9. The number of rotatable bonds is 3. The predicted molar refractivity (Wildman–Crippen MR) is 102 cm³/mol. The Balaban J connectivity index is 0.000000223. The van der Waals surface area contributed by atoms with Crippen LogP contribution in [0.1, 0.15) is 37.7 Å². The van der Waals surface area contributed by atoms with Crippen LogP contribution in [0.2, 0.25) is 0 Å². The summed E-state index contributed by atoms with van der Waals surface area (Å²) in [6, 6.07) is 6.43. The molecule has 1 aromatic rings. The Hall–Kier alpha value is -2.68. The van der Waals surface area contributed by atoms with Crippen molar-refractivity contribution in [1.29, 1.82) is 0 Å². The van der Waals surface area contributed by atoms with Gasteiger partial charge in [0.2, 0.25) is 5.91 Å². The molecule has 2 aliphatic rings. The van der Waals surface area contributed by atoms with Crippen LogP contribution in [0.25, 0.3) is 0 Å². The van der Waals surface area contributed by atoms with Crippen molar-refractivity contribution in [2.75, 3.05) is 6.54 Å². The van der Waals surface area contributed by atoms with E-state index < -0.39 is 10.8 Å². The highest BCUT2D eigenvalue weighted by Crippen LogP contribution is 2.37. The number of non-ortho nitro benzene ring substituents is 1. The highest BCUT2D eigenvalue weighted by atomic mass is 32.2. The molecule has 0 aromatic heterocycles. The number of aryl methyl sites for hydroxylation is 1. The van der Waals surface area contributed by atoms with Crippen molar-refractivity contribution in [3.63, 3.8) is 0 Å². The Kier molecular flexibility index (Phi) is 7.12. The van der Waals surface area contributed by atoms with E-state index in [1.807, 2.05) is 6.92 Å². The van der Waals surface area contributed by atoms with E-state index in [-0.39, 0.29) is 23.4 Å². The van der Waals surface area contributed by atoms with Crippen molar-refractivity contribution in [1.82, 2.24) is 4.90 Å². The van der Waals surface area contributed by atoms with Crippen LogP contribution in [0.3, 0.4) is 0 Å². The number of thioether (sulfide) groups is 1. The van der Waals surface area contributed by atoms with Gasteiger partial charge < -0.3 is 5.73 Å². The molecule has 0 atom stereocenters. The van der Waals surface area contributed by atoms with Crippen molar-refractivity contribution < 1.29 is 19.3 Å². The number of hydrogen-bond acceptors (Lipinski definition) is 6. The second-order valence-corrected chi connectivity index (χ2v) is 7.27. The fraction of sp³-hybridized carbons (Fsp3) is 0.389. The SMILES string of the molecule is Cc1ccc([N+](=O)[O-])cc1.NC(=O)CN1C(=O)SC(=C2CCCCC2)C1=O. The van der Waals surface area contributed by atoms with Crippen molar-refractivity contribution in [3.05, 3.63) is 50.4 Å². The molecular weight excluding hydrogens is 370 g/mol. The van der Waals surface area contributed by atoms with E-state index in [9.17, 15) is 24.5 Å². The zero-order valence-electron chi connectivity index (χ0n) is 15.0. The third-order valence-corrected chi connectivity index (χ3v) is 5.25. The lowest BCUT2D eigenvalue weighted by molar-refractivity contribution is -0.384. The molecule has 0 unspecified atom stereocenters. The van der Waals surface area contributed by atoms with Gasteiger partial charge in [-0.1, -0.05) is 29.7 Å². The highest BCUT2D eigenvalue weighted by Gasteiger charge is 2.37. The lowest BCUT2D eigenvalue weighted by atomic mass is 9.94. The molecule has 2 fully saturated rings. The number of primary amides is 1. The predicted octanol–water partition coefficient (Wildman–Crippen LogP) is 3.29. The van der Waals surface area contributed by atoms with Gasteiger partial charge in [0, 0.05) is 12.1 Å². The smallest absolute Gasteiger partial charge is 0.294 e. The van der Waals surface area contributed by atoms with Gasteiger partial charge >= 0.3 is 0 Å². The minimum Gasteiger partial charge on any atom is -0.368 e. The number of hydrogen-bond donors (Lipinski definition) is 1. The Morgan fingerprint density at radius 2 is 1.78 bits per heavy atom. The molecule has 8 nitrogen and oxygen atoms in total. The summed E-state index contributed by atoms with van der Waals surface area (Å²) < 4.78 is 0. The summed E-state index contributed by atoms with van der Waals surface area (Å²) in [5, 5.41) is 9.73. The van der Waals surface area contributed by atoms with E-state index >= 15 is 0 Å². The van der Waals surface area contributed by atoms with Gasteiger partial charge in [-0.05, 0) is 44.4 Å². The second kappa shape index (κ2) is 9.31. The molecule has 9 heteroatoms. The number of nitro groups is 1. The van der Waals surface area contributed by atoms with Gasteiger partial charge in [-0.3, -0.25) is 29.4 Å².